The number of hydrogen-bond acceptors (Lipinski definition) is 3. The van der Waals surface area contributed by atoms with Gasteiger partial charge in [0.15, 0.2) is 0 Å². The van der Waals surface area contributed by atoms with E-state index in [4.69, 9.17) is 15.0 Å². The zero-order valence-corrected chi connectivity index (χ0v) is 7.72. The smallest absolute Gasteiger partial charge is 0.652 e. The van der Waals surface area contributed by atoms with E-state index in [1.807, 2.05) is 0 Å². The predicted octanol–water partition coefficient (Wildman–Crippen LogP) is -9.62. The Kier molecular flexibility index (Phi) is 53.4. The topological polar surface area (TPSA) is 63.2 Å². The van der Waals surface area contributed by atoms with Crippen LogP contribution in [0.3, 0.4) is 0 Å². The van der Waals surface area contributed by atoms with Crippen LogP contribution in [0.15, 0.2) is 0 Å². The summed E-state index contributed by atoms with van der Waals surface area (Å²) in [7, 11) is 0. The molecular weight excluding hydrogens is 117 g/mol. The van der Waals surface area contributed by atoms with Crippen molar-refractivity contribution in [2.45, 2.75) is 0 Å². The summed E-state index contributed by atoms with van der Waals surface area (Å²) in [6.45, 7) is 0. The van der Waals surface area contributed by atoms with Gasteiger partial charge in [0.25, 0.3) is 0 Å². The number of hydrogen-bond donors (Lipinski definition) is 0. The molecule has 0 rings (SSSR count). The van der Waals surface area contributed by atoms with Crippen molar-refractivity contribution in [3.63, 3.8) is 0 Å². The Morgan fingerprint density at radius 2 is 1.14 bits per heavy atom. The quantitative estimate of drug-likeness (QED) is 0.298. The van der Waals surface area contributed by atoms with Gasteiger partial charge in [0.05, 0.1) is 8.41 Å². The largest absolute Gasteiger partial charge is 1.00 e. The molecule has 0 aliphatic carbocycles. The average molecular weight is 120 g/mol. The van der Waals surface area contributed by atoms with E-state index in [1.165, 1.54) is 0 Å². The Morgan fingerprint density at radius 1 is 1.14 bits per heavy atom. The minimum absolute atomic E-state index is 0. The fourth-order valence-corrected chi connectivity index (χ4v) is 0. The van der Waals surface area contributed by atoms with Crippen molar-refractivity contribution < 1.29 is 74.1 Å². The van der Waals surface area contributed by atoms with Gasteiger partial charge in [-0.3, -0.25) is 0 Å². The van der Waals surface area contributed by atoms with Gasteiger partial charge in [0, 0.05) is 0 Å². The zero-order valence-electron chi connectivity index (χ0n) is 3.72. The van der Waals surface area contributed by atoms with Crippen LogP contribution in [0.1, 0.15) is 0 Å². The molecule has 0 aromatic rings. The Bertz CT molecular complexity index is 35.9. The van der Waals surface area contributed by atoms with Gasteiger partial charge < -0.3 is 15.0 Å². The number of rotatable bonds is 0. The molecular formula is CH3BNa2O3. The third-order valence-electron chi connectivity index (χ3n) is 0. The summed E-state index contributed by atoms with van der Waals surface area (Å²) in [6.07, 6.45) is -2.33. The van der Waals surface area contributed by atoms with Crippen LogP contribution in [0.2, 0.25) is 0 Å². The van der Waals surface area contributed by atoms with Gasteiger partial charge in [-0.1, -0.05) is 0 Å². The Labute approximate surface area is 87.6 Å². The van der Waals surface area contributed by atoms with Crippen LogP contribution in [-0.2, 0) is 0 Å². The van der Waals surface area contributed by atoms with Crippen molar-refractivity contribution >= 4 is 14.6 Å². The maximum Gasteiger partial charge on any atom is 1.00 e. The van der Waals surface area contributed by atoms with Crippen molar-refractivity contribution in [2.75, 3.05) is 0 Å². The first-order valence-corrected chi connectivity index (χ1v) is 0.612. The fraction of sp³-hybridized carbons (Fsp3) is 0. The third kappa shape index (κ3) is 117. The van der Waals surface area contributed by atoms with E-state index in [2.05, 4.69) is 0 Å². The van der Waals surface area contributed by atoms with Gasteiger partial charge in [0.2, 0.25) is 0 Å². The summed E-state index contributed by atoms with van der Waals surface area (Å²) >= 11 is 0. The first-order valence-electron chi connectivity index (χ1n) is 0.612. The van der Waals surface area contributed by atoms with Crippen molar-refractivity contribution in [1.29, 1.82) is 0 Å². The van der Waals surface area contributed by atoms with Gasteiger partial charge in [-0.25, -0.2) is 0 Å². The second-order valence-corrected chi connectivity index (χ2v) is 0.250. The number of carbonyl (C=O) groups is 1. The molecule has 0 aliphatic heterocycles. The molecule has 0 heterocycles. The van der Waals surface area contributed by atoms with Crippen LogP contribution in [0.5, 0.6) is 0 Å². The molecule has 6 heteroatoms. The second kappa shape index (κ2) is 15.7. The number of carbonyl (C=O) groups excluding carboxylic acids is 1. The molecule has 0 aromatic carbocycles. The van der Waals surface area contributed by atoms with Crippen LogP contribution < -0.4 is 69.3 Å². The minimum Gasteiger partial charge on any atom is -0.652 e. The second-order valence-electron chi connectivity index (χ2n) is 0.250. The SMILES string of the molecule is B.O=C([O-])[O-].[Na+].[Na+]. The Hall–Kier alpha value is 1.33. The maximum absolute atomic E-state index is 8.33. The van der Waals surface area contributed by atoms with Gasteiger partial charge in [-0.2, -0.15) is 0 Å². The average Bonchev–Trinajstić information content (AvgIpc) is 0.811. The van der Waals surface area contributed by atoms with Gasteiger partial charge in [-0.05, 0) is 6.16 Å². The molecule has 0 N–H and O–H groups in total. The molecule has 7 heavy (non-hydrogen) atoms. The molecule has 0 bridgehead atoms. The fourth-order valence-electron chi connectivity index (χ4n) is 0. The third-order valence-corrected chi connectivity index (χ3v) is 0. The van der Waals surface area contributed by atoms with Crippen LogP contribution in [-0.4, -0.2) is 14.6 Å². The molecule has 0 amide bonds. The van der Waals surface area contributed by atoms with E-state index in [0.29, 0.717) is 0 Å². The summed E-state index contributed by atoms with van der Waals surface area (Å²) < 4.78 is 0. The van der Waals surface area contributed by atoms with Crippen molar-refractivity contribution in [3.05, 3.63) is 0 Å². The zero-order chi connectivity index (χ0) is 3.58. The summed E-state index contributed by atoms with van der Waals surface area (Å²) in [6, 6.07) is 0. The van der Waals surface area contributed by atoms with E-state index in [9.17, 15) is 0 Å². The number of carboxylic acid groups (broad SMARTS) is 2. The van der Waals surface area contributed by atoms with Gasteiger partial charge in [-0.15, -0.1) is 0 Å². The molecule has 0 saturated heterocycles. The monoisotopic (exact) mass is 120 g/mol. The minimum atomic E-state index is -2.33. The molecule has 0 saturated carbocycles. The molecule has 30 valence electrons. The summed E-state index contributed by atoms with van der Waals surface area (Å²) in [5.41, 5.74) is 0. The molecule has 0 spiro atoms. The Morgan fingerprint density at radius 3 is 1.14 bits per heavy atom. The van der Waals surface area contributed by atoms with Crippen molar-refractivity contribution in [2.24, 2.45) is 0 Å². The first-order chi connectivity index (χ1) is 1.73. The standard InChI is InChI=1S/CH2O3.BH3.2Na/c2-1(3)4;;;/h(H2,2,3,4);1H3;;/q;;2*+1/p-2. The molecule has 0 fully saturated rings. The van der Waals surface area contributed by atoms with Crippen LogP contribution in [0.4, 0.5) is 4.79 Å². The van der Waals surface area contributed by atoms with Crippen LogP contribution in [0, 0.1) is 0 Å². The predicted molar refractivity (Wildman–Crippen MR) is 15.3 cm³/mol. The van der Waals surface area contributed by atoms with E-state index in [-0.39, 0.29) is 67.5 Å². The molecule has 0 aliphatic rings. The van der Waals surface area contributed by atoms with E-state index in [0.717, 1.165) is 0 Å². The molecule has 0 radical (unpaired) electrons. The van der Waals surface area contributed by atoms with Crippen molar-refractivity contribution in [1.82, 2.24) is 0 Å². The normalized spacial score (nSPS) is 3.43. The molecule has 0 unspecified atom stereocenters. The Balaban J connectivity index is -0.0000000150. The van der Waals surface area contributed by atoms with E-state index in [1.54, 1.807) is 0 Å². The molecule has 0 aromatic heterocycles. The van der Waals surface area contributed by atoms with Gasteiger partial charge in [0.1, 0.15) is 0 Å². The van der Waals surface area contributed by atoms with Gasteiger partial charge >= 0.3 is 59.1 Å². The summed E-state index contributed by atoms with van der Waals surface area (Å²) in [4.78, 5) is 8.33. The van der Waals surface area contributed by atoms with E-state index >= 15 is 0 Å². The summed E-state index contributed by atoms with van der Waals surface area (Å²) in [5.74, 6) is 0. The van der Waals surface area contributed by atoms with Crippen LogP contribution in [0.25, 0.3) is 0 Å². The molecule has 0 atom stereocenters. The van der Waals surface area contributed by atoms with E-state index < -0.39 is 6.16 Å². The molecule has 3 nitrogen and oxygen atoms in total. The van der Waals surface area contributed by atoms with Crippen LogP contribution >= 0.6 is 0 Å². The maximum atomic E-state index is 8.33. The summed E-state index contributed by atoms with van der Waals surface area (Å²) in [5, 5.41) is 16.7. The van der Waals surface area contributed by atoms with Crippen molar-refractivity contribution in [3.8, 4) is 0 Å². The first kappa shape index (κ1) is 23.9.